The molecule has 0 aromatic heterocycles. The van der Waals surface area contributed by atoms with Gasteiger partial charge in [0, 0.05) is 5.92 Å². The van der Waals surface area contributed by atoms with Crippen molar-refractivity contribution in [3.8, 4) is 0 Å². The highest BCUT2D eigenvalue weighted by Crippen LogP contribution is 2.26. The van der Waals surface area contributed by atoms with Gasteiger partial charge in [0.2, 0.25) is 0 Å². The Morgan fingerprint density at radius 1 is 0.931 bits per heavy atom. The summed E-state index contributed by atoms with van der Waals surface area (Å²) in [5, 5.41) is 2.53. The summed E-state index contributed by atoms with van der Waals surface area (Å²) in [7, 11) is 0. The maximum absolute atomic E-state index is 12.6. The van der Waals surface area contributed by atoms with Gasteiger partial charge in [-0.05, 0) is 52.2 Å². The number of carbonyl (C=O) groups excluding carboxylic acids is 2. The molecule has 0 aliphatic heterocycles. The molecule has 1 amide bonds. The minimum atomic E-state index is -0.805. The van der Waals surface area contributed by atoms with Gasteiger partial charge in [0.05, 0.1) is 0 Å². The summed E-state index contributed by atoms with van der Waals surface area (Å²) in [4.78, 5) is 24.5. The van der Waals surface area contributed by atoms with Crippen LogP contribution in [-0.2, 0) is 20.7 Å². The zero-order chi connectivity index (χ0) is 21.4. The van der Waals surface area contributed by atoms with E-state index in [0.717, 1.165) is 12.0 Å². The first-order valence-electron chi connectivity index (χ1n) is 9.94. The number of esters is 1. The predicted molar refractivity (Wildman–Crippen MR) is 114 cm³/mol. The van der Waals surface area contributed by atoms with Crippen LogP contribution in [0.25, 0.3) is 0 Å². The van der Waals surface area contributed by atoms with E-state index in [0.29, 0.717) is 0 Å². The van der Waals surface area contributed by atoms with Gasteiger partial charge in [0.15, 0.2) is 0 Å². The molecule has 0 unspecified atom stereocenters. The normalized spacial score (nSPS) is 14.4. The number of nitrogens with one attached hydrogen (secondary N) is 1. The predicted octanol–water partition coefficient (Wildman–Crippen LogP) is 4.86. The van der Waals surface area contributed by atoms with Crippen LogP contribution >= 0.6 is 0 Å². The minimum Gasteiger partial charge on any atom is -0.460 e. The van der Waals surface area contributed by atoms with E-state index in [1.807, 2.05) is 55.5 Å². The summed E-state index contributed by atoms with van der Waals surface area (Å²) in [6.45, 7) is 8.79. The fraction of sp³-hybridized carbons (Fsp3) is 0.417. The van der Waals surface area contributed by atoms with Crippen LogP contribution in [-0.4, -0.2) is 29.8 Å². The van der Waals surface area contributed by atoms with Crippen LogP contribution in [0.1, 0.15) is 51.7 Å². The third-order valence-corrected chi connectivity index (χ3v) is 4.48. The van der Waals surface area contributed by atoms with Crippen LogP contribution in [0.3, 0.4) is 0 Å². The Kier molecular flexibility index (Phi) is 7.82. The second-order valence-electron chi connectivity index (χ2n) is 8.22. The van der Waals surface area contributed by atoms with Gasteiger partial charge in [0.1, 0.15) is 17.7 Å². The molecule has 2 aromatic carbocycles. The van der Waals surface area contributed by atoms with Gasteiger partial charge in [-0.25, -0.2) is 9.59 Å². The van der Waals surface area contributed by atoms with Crippen molar-refractivity contribution in [1.82, 2.24) is 5.32 Å². The first-order chi connectivity index (χ1) is 13.7. The molecule has 29 heavy (non-hydrogen) atoms. The number of hydrogen-bond donors (Lipinski definition) is 1. The molecular formula is C24H31NO4. The number of alkyl carbamates (subject to hydrolysis) is 1. The summed E-state index contributed by atoms with van der Waals surface area (Å²) in [5.74, 6) is -0.492. The molecule has 0 saturated heterocycles. The Morgan fingerprint density at radius 3 is 2.03 bits per heavy atom. The molecule has 0 aliphatic rings. The zero-order valence-corrected chi connectivity index (χ0v) is 17.8. The van der Waals surface area contributed by atoms with Crippen LogP contribution in [0.5, 0.6) is 0 Å². The Hall–Kier alpha value is -2.82. The lowest BCUT2D eigenvalue weighted by Gasteiger charge is -2.27. The molecule has 0 spiro atoms. The summed E-state index contributed by atoms with van der Waals surface area (Å²) >= 11 is 0. The van der Waals surface area contributed by atoms with E-state index < -0.39 is 23.7 Å². The van der Waals surface area contributed by atoms with Gasteiger partial charge in [0.25, 0.3) is 0 Å². The highest BCUT2D eigenvalue weighted by atomic mass is 16.6. The monoisotopic (exact) mass is 397 g/mol. The number of rotatable bonds is 7. The van der Waals surface area contributed by atoms with Crippen LogP contribution in [0.15, 0.2) is 60.7 Å². The van der Waals surface area contributed by atoms with Gasteiger partial charge in [-0.15, -0.1) is 0 Å². The molecule has 0 fully saturated rings. The van der Waals surface area contributed by atoms with E-state index in [9.17, 15) is 9.59 Å². The molecule has 0 aliphatic carbocycles. The van der Waals surface area contributed by atoms with Gasteiger partial charge < -0.3 is 14.8 Å². The Bertz CT molecular complexity index is 784. The van der Waals surface area contributed by atoms with Crippen molar-refractivity contribution in [2.75, 3.05) is 0 Å². The molecule has 3 atom stereocenters. The van der Waals surface area contributed by atoms with E-state index in [2.05, 4.69) is 17.4 Å². The van der Waals surface area contributed by atoms with E-state index in [-0.39, 0.29) is 12.0 Å². The second kappa shape index (κ2) is 10.1. The molecule has 1 N–H and O–H groups in total. The zero-order valence-electron chi connectivity index (χ0n) is 17.8. The molecule has 0 heterocycles. The molecule has 5 nitrogen and oxygen atoms in total. The first kappa shape index (κ1) is 22.5. The molecule has 2 rings (SSSR count). The van der Waals surface area contributed by atoms with Crippen LogP contribution in [0.4, 0.5) is 4.79 Å². The van der Waals surface area contributed by atoms with E-state index in [4.69, 9.17) is 9.47 Å². The van der Waals surface area contributed by atoms with Crippen LogP contribution in [0, 0.1) is 0 Å². The van der Waals surface area contributed by atoms with Crippen molar-refractivity contribution in [3.05, 3.63) is 71.8 Å². The summed E-state index contributed by atoms with van der Waals surface area (Å²) < 4.78 is 10.9. The standard InChI is InChI=1S/C24H31NO4/c1-17(25-23(27)29-24(3,4)5)22(26)28-18(2)21(20-14-10-7-11-15-20)16-19-12-8-6-9-13-19/h6-15,17-18,21H,16H2,1-5H3,(H,25,27)/t17-,18-,21-/m0/s1. The molecule has 2 aromatic rings. The Balaban J connectivity index is 2.05. The lowest BCUT2D eigenvalue weighted by Crippen LogP contribution is -2.43. The fourth-order valence-electron chi connectivity index (χ4n) is 3.03. The SMILES string of the molecule is C[C@H](NC(=O)OC(C)(C)C)C(=O)O[C@@H](C)[C@H](Cc1ccccc1)c1ccccc1. The molecular weight excluding hydrogens is 366 g/mol. The van der Waals surface area contributed by atoms with E-state index in [1.165, 1.54) is 5.56 Å². The van der Waals surface area contributed by atoms with Crippen molar-refractivity contribution in [2.24, 2.45) is 0 Å². The summed E-state index contributed by atoms with van der Waals surface area (Å²) in [6, 6.07) is 19.3. The van der Waals surface area contributed by atoms with Crippen LogP contribution < -0.4 is 5.32 Å². The summed E-state index contributed by atoms with van der Waals surface area (Å²) in [5.41, 5.74) is 1.64. The third-order valence-electron chi connectivity index (χ3n) is 4.48. The smallest absolute Gasteiger partial charge is 0.408 e. The van der Waals surface area contributed by atoms with Gasteiger partial charge in [-0.2, -0.15) is 0 Å². The Labute approximate surface area is 173 Å². The van der Waals surface area contributed by atoms with Crippen molar-refractivity contribution < 1.29 is 19.1 Å². The van der Waals surface area contributed by atoms with Crippen LogP contribution in [0.2, 0.25) is 0 Å². The highest BCUT2D eigenvalue weighted by molar-refractivity contribution is 5.81. The molecule has 0 saturated carbocycles. The second-order valence-corrected chi connectivity index (χ2v) is 8.22. The fourth-order valence-corrected chi connectivity index (χ4v) is 3.03. The molecule has 0 bridgehead atoms. The van der Waals surface area contributed by atoms with Gasteiger partial charge in [-0.1, -0.05) is 60.7 Å². The maximum Gasteiger partial charge on any atom is 0.408 e. The maximum atomic E-state index is 12.6. The lowest BCUT2D eigenvalue weighted by molar-refractivity contribution is -0.151. The van der Waals surface area contributed by atoms with Gasteiger partial charge >= 0.3 is 12.1 Å². The van der Waals surface area contributed by atoms with E-state index in [1.54, 1.807) is 27.7 Å². The van der Waals surface area contributed by atoms with E-state index >= 15 is 0 Å². The number of ether oxygens (including phenoxy) is 2. The lowest BCUT2D eigenvalue weighted by atomic mass is 9.88. The average molecular weight is 398 g/mol. The number of amides is 1. The van der Waals surface area contributed by atoms with Crippen molar-refractivity contribution in [2.45, 2.75) is 64.7 Å². The van der Waals surface area contributed by atoms with Crippen molar-refractivity contribution >= 4 is 12.1 Å². The largest absolute Gasteiger partial charge is 0.460 e. The first-order valence-corrected chi connectivity index (χ1v) is 9.94. The highest BCUT2D eigenvalue weighted by Gasteiger charge is 2.27. The number of hydrogen-bond acceptors (Lipinski definition) is 4. The molecule has 5 heteroatoms. The molecule has 156 valence electrons. The number of benzene rings is 2. The number of carbonyl (C=O) groups is 2. The topological polar surface area (TPSA) is 64.6 Å². The average Bonchev–Trinajstić information content (AvgIpc) is 2.65. The summed E-state index contributed by atoms with van der Waals surface area (Å²) in [6.07, 6.45) is -0.265. The van der Waals surface area contributed by atoms with Crippen molar-refractivity contribution in [3.63, 3.8) is 0 Å². The minimum absolute atomic E-state index is 0.00345. The Morgan fingerprint density at radius 2 is 1.48 bits per heavy atom. The third kappa shape index (κ3) is 7.60. The van der Waals surface area contributed by atoms with Gasteiger partial charge in [-0.3, -0.25) is 0 Å². The van der Waals surface area contributed by atoms with Crippen molar-refractivity contribution in [1.29, 1.82) is 0 Å². The molecule has 0 radical (unpaired) electrons. The quantitative estimate of drug-likeness (QED) is 0.678.